The molecule has 0 atom stereocenters. The Bertz CT molecular complexity index is 799. The van der Waals surface area contributed by atoms with Gasteiger partial charge >= 0.3 is 11.9 Å². The van der Waals surface area contributed by atoms with Crippen LogP contribution in [0.15, 0.2) is 52.7 Å². The second kappa shape index (κ2) is 7.36. The summed E-state index contributed by atoms with van der Waals surface area (Å²) in [5.41, 5.74) is 0.760. The van der Waals surface area contributed by atoms with Gasteiger partial charge in [0.2, 0.25) is 0 Å². The predicted octanol–water partition coefficient (Wildman–Crippen LogP) is 4.07. The van der Waals surface area contributed by atoms with Crippen LogP contribution in [0.25, 0.3) is 0 Å². The minimum Gasteiger partial charge on any atom is -0.507 e. The molecule has 0 unspecified atom stereocenters. The number of carbonyl (C=O) groups excluding carboxylic acids is 1. The zero-order chi connectivity index (χ0) is 17.7. The second-order valence-corrected chi connectivity index (χ2v) is 5.21. The number of nitrogens with zero attached hydrogens (tertiary/aromatic N) is 2. The number of rotatable bonds is 5. The third-order valence-corrected chi connectivity index (χ3v) is 2.92. The fraction of sp³-hybridized carbons (Fsp3) is 0.176. The molecule has 0 fully saturated rings. The average molecular weight is 328 g/mol. The van der Waals surface area contributed by atoms with E-state index in [2.05, 4.69) is 10.2 Å². The van der Waals surface area contributed by atoms with Crippen LogP contribution in [0, 0.1) is 0 Å². The lowest BCUT2D eigenvalue weighted by Crippen LogP contribution is -2.11. The highest BCUT2D eigenvalue weighted by molar-refractivity contribution is 5.92. The molecule has 0 aliphatic carbocycles. The molecule has 0 aliphatic heterocycles. The molecule has 0 radical (unpaired) electrons. The number of benzene rings is 2. The first-order valence-electron chi connectivity index (χ1n) is 7.16. The van der Waals surface area contributed by atoms with Gasteiger partial charge in [-0.3, -0.25) is 0 Å². The van der Waals surface area contributed by atoms with Gasteiger partial charge in [0, 0.05) is 0 Å². The number of aromatic hydroxyl groups is 1. The van der Waals surface area contributed by atoms with E-state index in [4.69, 9.17) is 9.84 Å². The van der Waals surface area contributed by atoms with Gasteiger partial charge in [-0.15, -0.1) is 0 Å². The summed E-state index contributed by atoms with van der Waals surface area (Å²) < 4.78 is 5.11. The molecule has 0 heterocycles. The highest BCUT2D eigenvalue weighted by Crippen LogP contribution is 2.25. The van der Waals surface area contributed by atoms with Crippen LogP contribution in [0.4, 0.5) is 11.4 Å². The van der Waals surface area contributed by atoms with Gasteiger partial charge in [0.25, 0.3) is 0 Å². The first-order valence-corrected chi connectivity index (χ1v) is 7.16. The Morgan fingerprint density at radius 2 is 1.71 bits per heavy atom. The molecule has 0 aromatic heterocycles. The molecule has 0 saturated heterocycles. The van der Waals surface area contributed by atoms with Gasteiger partial charge in [0.15, 0.2) is 0 Å². The number of ether oxygens (including phenoxy) is 1. The van der Waals surface area contributed by atoms with E-state index in [1.54, 1.807) is 32.0 Å². The predicted molar refractivity (Wildman–Crippen MR) is 86.2 cm³/mol. The number of aromatic carboxylic acids is 1. The van der Waals surface area contributed by atoms with Crippen LogP contribution in [-0.4, -0.2) is 28.3 Å². The van der Waals surface area contributed by atoms with Crippen molar-refractivity contribution in [1.29, 1.82) is 0 Å². The Morgan fingerprint density at radius 1 is 1.04 bits per heavy atom. The van der Waals surface area contributed by atoms with Crippen LogP contribution in [0.2, 0.25) is 0 Å². The van der Waals surface area contributed by atoms with Crippen molar-refractivity contribution < 1.29 is 24.5 Å². The van der Waals surface area contributed by atoms with Crippen molar-refractivity contribution in [2.24, 2.45) is 10.2 Å². The van der Waals surface area contributed by atoms with Crippen molar-refractivity contribution in [3.05, 3.63) is 53.6 Å². The minimum atomic E-state index is -1.26. The van der Waals surface area contributed by atoms with E-state index >= 15 is 0 Å². The molecule has 124 valence electrons. The van der Waals surface area contributed by atoms with E-state index in [-0.39, 0.29) is 23.1 Å². The fourth-order valence-electron chi connectivity index (χ4n) is 1.85. The number of hydrogen-bond acceptors (Lipinski definition) is 6. The molecule has 0 saturated carbocycles. The molecule has 2 aromatic rings. The third kappa shape index (κ3) is 4.39. The van der Waals surface area contributed by atoms with E-state index in [0.29, 0.717) is 11.3 Å². The van der Waals surface area contributed by atoms with E-state index in [9.17, 15) is 14.7 Å². The van der Waals surface area contributed by atoms with Gasteiger partial charge in [-0.2, -0.15) is 10.2 Å². The molecule has 2 aromatic carbocycles. The summed E-state index contributed by atoms with van der Waals surface area (Å²) in [6, 6.07) is 10.3. The highest BCUT2D eigenvalue weighted by Gasteiger charge is 2.11. The van der Waals surface area contributed by atoms with Crippen molar-refractivity contribution >= 4 is 23.3 Å². The van der Waals surface area contributed by atoms with Crippen molar-refractivity contribution in [2.75, 3.05) is 0 Å². The Kier molecular flexibility index (Phi) is 5.26. The van der Waals surface area contributed by atoms with Crippen molar-refractivity contribution in [2.45, 2.75) is 20.0 Å². The summed E-state index contributed by atoms with van der Waals surface area (Å²) in [6.45, 7) is 3.51. The zero-order valence-electron chi connectivity index (χ0n) is 13.1. The monoisotopic (exact) mass is 328 g/mol. The molecule has 0 amide bonds. The number of phenols is 1. The maximum absolute atomic E-state index is 11.9. The Morgan fingerprint density at radius 3 is 2.33 bits per heavy atom. The normalized spacial score (nSPS) is 11.0. The van der Waals surface area contributed by atoms with Crippen LogP contribution < -0.4 is 0 Å². The fourth-order valence-corrected chi connectivity index (χ4v) is 1.85. The summed E-state index contributed by atoms with van der Waals surface area (Å²) in [5, 5.41) is 26.3. The highest BCUT2D eigenvalue weighted by atomic mass is 16.5. The standard InChI is InChI=1S/C17H16N2O5/c1-10(2)24-17(23)11-4-3-5-12(8-11)18-19-13-6-7-15(20)14(9-13)16(21)22/h3-10,20H,1-2H3,(H,21,22). The molecule has 0 bridgehead atoms. The van der Waals surface area contributed by atoms with Gasteiger partial charge in [-0.1, -0.05) is 6.07 Å². The average Bonchev–Trinajstić information content (AvgIpc) is 2.53. The SMILES string of the molecule is CC(C)OC(=O)c1cccc(N=Nc2ccc(O)c(C(=O)O)c2)c1. The van der Waals surface area contributed by atoms with Crippen LogP contribution in [-0.2, 0) is 4.74 Å². The van der Waals surface area contributed by atoms with Crippen molar-refractivity contribution in [3.63, 3.8) is 0 Å². The molecule has 2 rings (SSSR count). The minimum absolute atomic E-state index is 0.228. The molecule has 0 spiro atoms. The summed E-state index contributed by atoms with van der Waals surface area (Å²) >= 11 is 0. The van der Waals surface area contributed by atoms with Crippen LogP contribution in [0.3, 0.4) is 0 Å². The van der Waals surface area contributed by atoms with Crippen molar-refractivity contribution in [1.82, 2.24) is 0 Å². The second-order valence-electron chi connectivity index (χ2n) is 5.21. The number of carboxylic acids is 1. The van der Waals surface area contributed by atoms with Gasteiger partial charge in [-0.05, 0) is 50.2 Å². The van der Waals surface area contributed by atoms with Crippen LogP contribution in [0.5, 0.6) is 5.75 Å². The smallest absolute Gasteiger partial charge is 0.339 e. The largest absolute Gasteiger partial charge is 0.507 e. The quantitative estimate of drug-likeness (QED) is 0.635. The summed E-state index contributed by atoms with van der Waals surface area (Å²) in [5.74, 6) is -2.07. The van der Waals surface area contributed by atoms with Gasteiger partial charge in [-0.25, -0.2) is 9.59 Å². The summed E-state index contributed by atoms with van der Waals surface area (Å²) in [4.78, 5) is 22.8. The first kappa shape index (κ1) is 17.1. The Hall–Kier alpha value is -3.22. The van der Waals surface area contributed by atoms with Gasteiger partial charge in [0.1, 0.15) is 11.3 Å². The van der Waals surface area contributed by atoms with Gasteiger partial charge < -0.3 is 14.9 Å². The Labute approximate surface area is 138 Å². The summed E-state index contributed by atoms with van der Waals surface area (Å²) in [7, 11) is 0. The van der Waals surface area contributed by atoms with Gasteiger partial charge in [0.05, 0.1) is 23.0 Å². The number of carbonyl (C=O) groups is 2. The zero-order valence-corrected chi connectivity index (χ0v) is 13.1. The van der Waals surface area contributed by atoms with Crippen LogP contribution in [0.1, 0.15) is 34.6 Å². The molecular formula is C17H16N2O5. The maximum Gasteiger partial charge on any atom is 0.339 e. The van der Waals surface area contributed by atoms with Crippen molar-refractivity contribution in [3.8, 4) is 5.75 Å². The van der Waals surface area contributed by atoms with E-state index < -0.39 is 11.9 Å². The molecule has 0 aliphatic rings. The van der Waals surface area contributed by atoms with E-state index in [0.717, 1.165) is 0 Å². The Balaban J connectivity index is 2.22. The van der Waals surface area contributed by atoms with Crippen LogP contribution >= 0.6 is 0 Å². The van der Waals surface area contributed by atoms with E-state index in [1.165, 1.54) is 24.3 Å². The molecule has 2 N–H and O–H groups in total. The first-order chi connectivity index (χ1) is 11.4. The molecule has 7 nitrogen and oxygen atoms in total. The molecule has 24 heavy (non-hydrogen) atoms. The number of hydrogen-bond donors (Lipinski definition) is 2. The number of esters is 1. The molecule has 7 heteroatoms. The number of carboxylic acid groups (broad SMARTS) is 1. The number of azo groups is 1. The molecular weight excluding hydrogens is 312 g/mol. The lowest BCUT2D eigenvalue weighted by atomic mass is 10.2. The summed E-state index contributed by atoms with van der Waals surface area (Å²) in [6.07, 6.45) is -0.228. The lowest BCUT2D eigenvalue weighted by Gasteiger charge is -2.07. The lowest BCUT2D eigenvalue weighted by molar-refractivity contribution is 0.0377. The maximum atomic E-state index is 11.9. The van der Waals surface area contributed by atoms with E-state index in [1.807, 2.05) is 0 Å². The third-order valence-electron chi connectivity index (χ3n) is 2.92. The topological polar surface area (TPSA) is 109 Å².